The Hall–Kier alpha value is -5.52. The molecule has 0 saturated heterocycles. The van der Waals surface area contributed by atoms with Gasteiger partial charge in [-0.2, -0.15) is 5.26 Å². The van der Waals surface area contributed by atoms with Crippen molar-refractivity contribution in [3.8, 4) is 6.07 Å². The number of aromatic nitrogens is 3. The van der Waals surface area contributed by atoms with E-state index in [0.29, 0.717) is 42.5 Å². The molecule has 0 unspecified atom stereocenters. The third kappa shape index (κ3) is 7.22. The topological polar surface area (TPSA) is 171 Å². The molecule has 284 valence electrons. The molecule has 3 aliphatic rings. The van der Waals surface area contributed by atoms with Gasteiger partial charge in [0.05, 0.1) is 44.8 Å². The Balaban J connectivity index is 1.13. The highest BCUT2D eigenvalue weighted by Crippen LogP contribution is 2.48. The number of carbonyl (C=O) groups is 4. The smallest absolute Gasteiger partial charge is 0.407 e. The zero-order chi connectivity index (χ0) is 39.5. The van der Waals surface area contributed by atoms with Crippen molar-refractivity contribution in [3.05, 3.63) is 105 Å². The second-order valence-electron chi connectivity index (χ2n) is 15.4. The zero-order valence-electron chi connectivity index (χ0n) is 30.4. The van der Waals surface area contributed by atoms with Crippen LogP contribution in [0.15, 0.2) is 60.9 Å². The molecule has 0 bridgehead atoms. The summed E-state index contributed by atoms with van der Waals surface area (Å²) in [6, 6.07) is 14.9. The van der Waals surface area contributed by atoms with Crippen LogP contribution in [0.5, 0.6) is 0 Å². The Morgan fingerprint density at radius 3 is 2.25 bits per heavy atom. The summed E-state index contributed by atoms with van der Waals surface area (Å²) in [7, 11) is 0. The molecule has 0 spiro atoms. The first kappa shape index (κ1) is 37.8. The van der Waals surface area contributed by atoms with Crippen LogP contribution in [0.3, 0.4) is 0 Å². The Labute approximate surface area is 326 Å². The number of imidazole rings is 1. The molecule has 1 atom stereocenters. The molecular weight excluding hydrogens is 750 g/mol. The van der Waals surface area contributed by atoms with Crippen LogP contribution in [0.4, 0.5) is 20.8 Å². The van der Waals surface area contributed by atoms with Crippen molar-refractivity contribution in [1.29, 1.82) is 5.26 Å². The van der Waals surface area contributed by atoms with Crippen LogP contribution in [0.2, 0.25) is 10.0 Å². The Morgan fingerprint density at radius 1 is 0.982 bits per heavy atom. The lowest BCUT2D eigenvalue weighted by molar-refractivity contribution is -0.125. The number of fused-ring (bicyclic) bond motifs is 1. The van der Waals surface area contributed by atoms with Crippen LogP contribution in [0.1, 0.15) is 86.3 Å². The normalized spacial score (nSPS) is 18.9. The SMILES string of the molecule is CC(C)(C)OC(=O)NCc1ccnc(C2(NC(=O)C3(NC(=O)c4cnc5n4[C@](C)(Cc4ccc(C#N)cc4)C(=O)N5c4cc(Cl)c(F)c(Cl)c4)CC3)CC2)c1. The van der Waals surface area contributed by atoms with Gasteiger partial charge in [-0.05, 0) is 101 Å². The minimum atomic E-state index is -1.44. The van der Waals surface area contributed by atoms with Gasteiger partial charge in [-0.15, -0.1) is 0 Å². The first-order chi connectivity index (χ1) is 26.0. The molecule has 2 saturated carbocycles. The van der Waals surface area contributed by atoms with E-state index in [1.807, 2.05) is 6.07 Å². The Morgan fingerprint density at radius 2 is 1.65 bits per heavy atom. The van der Waals surface area contributed by atoms with Crippen molar-refractivity contribution in [3.63, 3.8) is 0 Å². The van der Waals surface area contributed by atoms with Gasteiger partial charge in [0, 0.05) is 19.2 Å². The summed E-state index contributed by atoms with van der Waals surface area (Å²) >= 11 is 12.3. The third-order valence-corrected chi connectivity index (χ3v) is 10.5. The summed E-state index contributed by atoms with van der Waals surface area (Å²) in [5, 5.41) is 17.5. The van der Waals surface area contributed by atoms with Gasteiger partial charge in [0.2, 0.25) is 11.9 Å². The van der Waals surface area contributed by atoms with E-state index in [-0.39, 0.29) is 46.2 Å². The number of hydrogen-bond donors (Lipinski definition) is 3. The molecule has 2 aromatic carbocycles. The monoisotopic (exact) mass is 786 g/mol. The number of halogens is 3. The minimum Gasteiger partial charge on any atom is -0.444 e. The number of nitrogens with zero attached hydrogens (tertiary/aromatic N) is 5. The fourth-order valence-corrected chi connectivity index (χ4v) is 7.26. The lowest BCUT2D eigenvalue weighted by atomic mass is 9.91. The molecule has 1 aliphatic heterocycles. The summed E-state index contributed by atoms with van der Waals surface area (Å²) in [4.78, 5) is 65.0. The number of rotatable bonds is 10. The molecule has 7 rings (SSSR count). The maximum atomic E-state index is 14.4. The van der Waals surface area contributed by atoms with E-state index < -0.39 is 45.9 Å². The minimum absolute atomic E-state index is 0.0216. The van der Waals surface area contributed by atoms with Gasteiger partial charge in [-0.3, -0.25) is 23.9 Å². The number of benzene rings is 2. The summed E-state index contributed by atoms with van der Waals surface area (Å²) in [5.74, 6) is -2.25. The number of amides is 4. The summed E-state index contributed by atoms with van der Waals surface area (Å²) in [6.45, 7) is 7.20. The summed E-state index contributed by atoms with van der Waals surface area (Å²) in [6.07, 6.45) is 4.53. The molecule has 13 nitrogen and oxygen atoms in total. The first-order valence-electron chi connectivity index (χ1n) is 17.6. The first-order valence-corrected chi connectivity index (χ1v) is 18.4. The predicted molar refractivity (Wildman–Crippen MR) is 200 cm³/mol. The van der Waals surface area contributed by atoms with Gasteiger partial charge in [0.25, 0.3) is 11.8 Å². The summed E-state index contributed by atoms with van der Waals surface area (Å²) < 4.78 is 21.3. The molecule has 55 heavy (non-hydrogen) atoms. The average Bonchev–Trinajstić information content (AvgIpc) is 4.04. The second-order valence-corrected chi connectivity index (χ2v) is 16.2. The van der Waals surface area contributed by atoms with Crippen LogP contribution in [-0.4, -0.2) is 49.5 Å². The fraction of sp³-hybridized carbons (Fsp3) is 0.359. The highest BCUT2D eigenvalue weighted by atomic mass is 35.5. The maximum absolute atomic E-state index is 14.4. The van der Waals surface area contributed by atoms with E-state index in [1.165, 1.54) is 27.8 Å². The number of pyridine rings is 1. The molecule has 16 heteroatoms. The van der Waals surface area contributed by atoms with Gasteiger partial charge in [-0.1, -0.05) is 35.3 Å². The van der Waals surface area contributed by atoms with Crippen molar-refractivity contribution < 1.29 is 28.3 Å². The van der Waals surface area contributed by atoms with E-state index in [9.17, 15) is 28.8 Å². The molecule has 2 aliphatic carbocycles. The molecule has 3 N–H and O–H groups in total. The molecule has 4 amide bonds. The van der Waals surface area contributed by atoms with E-state index in [1.54, 1.807) is 64.2 Å². The van der Waals surface area contributed by atoms with E-state index in [4.69, 9.17) is 27.9 Å². The number of anilines is 2. The van der Waals surface area contributed by atoms with Gasteiger partial charge >= 0.3 is 6.09 Å². The summed E-state index contributed by atoms with van der Waals surface area (Å²) in [5.41, 5.74) is -1.31. The van der Waals surface area contributed by atoms with Crippen LogP contribution < -0.4 is 20.9 Å². The third-order valence-electron chi connectivity index (χ3n) is 9.98. The Bertz CT molecular complexity index is 2270. The van der Waals surface area contributed by atoms with Crippen LogP contribution >= 0.6 is 23.2 Å². The predicted octanol–water partition coefficient (Wildman–Crippen LogP) is 6.32. The van der Waals surface area contributed by atoms with Gasteiger partial charge in [0.1, 0.15) is 22.4 Å². The van der Waals surface area contributed by atoms with Crippen molar-refractivity contribution in [1.82, 2.24) is 30.5 Å². The van der Waals surface area contributed by atoms with Crippen molar-refractivity contribution in [2.45, 2.75) is 88.6 Å². The van der Waals surface area contributed by atoms with E-state index in [0.717, 1.165) is 5.56 Å². The number of nitriles is 1. The lowest BCUT2D eigenvalue weighted by Gasteiger charge is -2.27. The highest BCUT2D eigenvalue weighted by Gasteiger charge is 2.57. The standard InChI is InChI=1S/C39H37Cl2FN8O5/c1-36(2,3)55-35(54)46-20-24-9-14-44-29(15-24)38(10-11-38)48-32(52)39(12-13-39)47-31(51)28-21-45-34-49(25-16-26(40)30(42)27(41)17-25)33(53)37(4,50(28)34)18-22-5-7-23(19-43)8-6-22/h5-9,14-17,21H,10-13,18,20H2,1-4H3,(H,46,54)(H,47,51)(H,48,52)/t37-/m1/s1. The number of alkyl carbamates (subject to hydrolysis) is 1. The maximum Gasteiger partial charge on any atom is 0.407 e. The second kappa shape index (κ2) is 13.6. The molecule has 2 aromatic heterocycles. The van der Waals surface area contributed by atoms with Crippen molar-refractivity contribution in [2.75, 3.05) is 4.90 Å². The van der Waals surface area contributed by atoms with Crippen LogP contribution in [0.25, 0.3) is 0 Å². The van der Waals surface area contributed by atoms with E-state index in [2.05, 4.69) is 32.0 Å². The van der Waals surface area contributed by atoms with Gasteiger partial charge < -0.3 is 20.7 Å². The average molecular weight is 788 g/mol. The Kier molecular flexibility index (Phi) is 9.38. The van der Waals surface area contributed by atoms with Crippen molar-refractivity contribution in [2.24, 2.45) is 0 Å². The van der Waals surface area contributed by atoms with E-state index >= 15 is 0 Å². The number of ether oxygens (including phenoxy) is 1. The fourth-order valence-electron chi connectivity index (χ4n) is 6.78. The largest absolute Gasteiger partial charge is 0.444 e. The molecular formula is C39H37Cl2FN8O5. The lowest BCUT2D eigenvalue weighted by Crippen LogP contribution is -2.52. The quantitative estimate of drug-likeness (QED) is 0.157. The zero-order valence-corrected chi connectivity index (χ0v) is 31.9. The van der Waals surface area contributed by atoms with Crippen LogP contribution in [0, 0.1) is 17.1 Å². The number of carbonyl (C=O) groups excluding carboxylic acids is 4. The molecule has 4 aromatic rings. The van der Waals surface area contributed by atoms with Crippen LogP contribution in [-0.2, 0) is 38.4 Å². The number of hydrogen-bond acceptors (Lipinski definition) is 8. The van der Waals surface area contributed by atoms with Gasteiger partial charge in [0.15, 0.2) is 5.82 Å². The number of nitrogens with one attached hydrogen (secondary N) is 3. The van der Waals surface area contributed by atoms with Crippen molar-refractivity contribution >= 4 is 58.7 Å². The molecule has 3 heterocycles. The molecule has 2 fully saturated rings. The van der Waals surface area contributed by atoms with Gasteiger partial charge in [-0.25, -0.2) is 19.1 Å². The molecule has 0 radical (unpaired) electrons. The highest BCUT2D eigenvalue weighted by molar-refractivity contribution is 6.35.